The normalized spacial score (nSPS) is 17.8. The highest BCUT2D eigenvalue weighted by Gasteiger charge is 2.27. The first kappa shape index (κ1) is 40.1. The van der Waals surface area contributed by atoms with Gasteiger partial charge in [-0.25, -0.2) is 0 Å². The third kappa shape index (κ3) is 18.1. The van der Waals surface area contributed by atoms with Gasteiger partial charge in [0.2, 0.25) is 0 Å². The molecule has 0 aromatic heterocycles. The summed E-state index contributed by atoms with van der Waals surface area (Å²) in [4.78, 5) is 0. The molecule has 0 saturated carbocycles. The lowest BCUT2D eigenvalue weighted by atomic mass is 9.94. The lowest BCUT2D eigenvalue weighted by molar-refractivity contribution is 0.128. The molecule has 1 atom stereocenters. The minimum absolute atomic E-state index is 0.0437. The van der Waals surface area contributed by atoms with Crippen LogP contribution >= 0.6 is 0 Å². The van der Waals surface area contributed by atoms with Crippen molar-refractivity contribution in [1.82, 2.24) is 0 Å². The molecule has 0 saturated heterocycles. The predicted octanol–water partition coefficient (Wildman–Crippen LogP) is 12.4. The fraction of sp³-hybridized carbons (Fsp3) is 0.512. The van der Waals surface area contributed by atoms with Gasteiger partial charge >= 0.3 is 10.4 Å². The Morgan fingerprint density at radius 3 is 1.55 bits per heavy atom. The van der Waals surface area contributed by atoms with E-state index in [-0.39, 0.29) is 5.75 Å². The second-order valence-electron chi connectivity index (χ2n) is 13.7. The molecule has 1 aromatic rings. The molecule has 0 radical (unpaired) electrons. The monoisotopic (exact) mass is 664 g/mol. The fourth-order valence-corrected chi connectivity index (χ4v) is 5.84. The zero-order chi connectivity index (χ0) is 34.9. The zero-order valence-electron chi connectivity index (χ0n) is 30.3. The summed E-state index contributed by atoms with van der Waals surface area (Å²) in [6.07, 6.45) is 31.1. The second kappa shape index (κ2) is 20.3. The largest absolute Gasteiger partial charge is 0.483 e. The van der Waals surface area contributed by atoms with Crippen molar-refractivity contribution < 1.29 is 21.9 Å². The summed E-state index contributed by atoms with van der Waals surface area (Å²) in [5.74, 6) is 0.702. The topological polar surface area (TPSA) is 72.8 Å². The van der Waals surface area contributed by atoms with E-state index < -0.39 is 16.0 Å². The molecule has 1 heterocycles. The number of rotatable bonds is 20. The first-order chi connectivity index (χ1) is 22.1. The van der Waals surface area contributed by atoms with E-state index in [4.69, 9.17) is 9.29 Å². The highest BCUT2D eigenvalue weighted by Crippen LogP contribution is 2.36. The Bertz CT molecular complexity index is 1480. The molecule has 0 bridgehead atoms. The van der Waals surface area contributed by atoms with E-state index in [1.54, 1.807) is 6.07 Å². The first-order valence-electron chi connectivity index (χ1n) is 17.2. The third-order valence-electron chi connectivity index (χ3n) is 8.49. The van der Waals surface area contributed by atoms with E-state index in [0.717, 1.165) is 70.6 Å². The van der Waals surface area contributed by atoms with Gasteiger partial charge in [0.15, 0.2) is 0 Å². The summed E-state index contributed by atoms with van der Waals surface area (Å²) >= 11 is 0. The lowest BCUT2D eigenvalue weighted by Crippen LogP contribution is -2.31. The van der Waals surface area contributed by atoms with Crippen LogP contribution in [0.15, 0.2) is 94.2 Å². The van der Waals surface area contributed by atoms with Crippen molar-refractivity contribution >= 4 is 16.5 Å². The number of allylic oxidation sites excluding steroid dienone is 12. The van der Waals surface area contributed by atoms with E-state index in [9.17, 15) is 8.42 Å². The van der Waals surface area contributed by atoms with Gasteiger partial charge in [-0.05, 0) is 157 Å². The van der Waals surface area contributed by atoms with Gasteiger partial charge in [-0.1, -0.05) is 76.0 Å². The second-order valence-corrected chi connectivity index (χ2v) is 14.7. The van der Waals surface area contributed by atoms with Crippen LogP contribution in [0.1, 0.15) is 138 Å². The standard InChI is InChI=1S/C41H60O5S/c1-32(2)15-9-16-33(3)17-10-18-34(4)19-11-20-35(5)21-12-22-36(6)23-13-24-37(7)25-14-29-41(8)30-28-38-31-39(46-47(42,43)44)26-27-40(38)45-41/h15,17,19,21,23,25-28,30-31H,9-14,16,18,20,22,24,29H2,1-8H3,(H,42,43,44). The quantitative estimate of drug-likeness (QED) is 0.111. The maximum absolute atomic E-state index is 11.0. The number of hydrogen-bond donors (Lipinski definition) is 1. The van der Waals surface area contributed by atoms with Crippen LogP contribution in [-0.4, -0.2) is 18.6 Å². The molecule has 260 valence electrons. The van der Waals surface area contributed by atoms with Gasteiger partial charge < -0.3 is 8.92 Å². The van der Waals surface area contributed by atoms with Gasteiger partial charge in [0.1, 0.15) is 17.1 Å². The molecule has 47 heavy (non-hydrogen) atoms. The van der Waals surface area contributed by atoms with Crippen molar-refractivity contribution in [2.45, 2.75) is 138 Å². The molecule has 1 aliphatic heterocycles. The van der Waals surface area contributed by atoms with Crippen molar-refractivity contribution in [3.05, 3.63) is 99.7 Å². The molecule has 6 heteroatoms. The minimum atomic E-state index is -4.56. The molecule has 0 amide bonds. The Labute approximate surface area is 286 Å². The summed E-state index contributed by atoms with van der Waals surface area (Å²) in [6, 6.07) is 4.67. The average molecular weight is 665 g/mol. The van der Waals surface area contributed by atoms with Crippen molar-refractivity contribution in [2.75, 3.05) is 0 Å². The van der Waals surface area contributed by atoms with Crippen molar-refractivity contribution in [3.8, 4) is 11.5 Å². The van der Waals surface area contributed by atoms with Crippen LogP contribution in [0.25, 0.3) is 6.08 Å². The highest BCUT2D eigenvalue weighted by atomic mass is 32.3. The number of hydrogen-bond acceptors (Lipinski definition) is 4. The van der Waals surface area contributed by atoms with Crippen LogP contribution < -0.4 is 8.92 Å². The summed E-state index contributed by atoms with van der Waals surface area (Å²) in [7, 11) is -4.56. The van der Waals surface area contributed by atoms with E-state index >= 15 is 0 Å². The van der Waals surface area contributed by atoms with Gasteiger partial charge in [0, 0.05) is 5.56 Å². The summed E-state index contributed by atoms with van der Waals surface area (Å²) in [5.41, 5.74) is 9.00. The van der Waals surface area contributed by atoms with Crippen molar-refractivity contribution in [1.29, 1.82) is 0 Å². The molecule has 2 rings (SSSR count). The highest BCUT2D eigenvalue weighted by molar-refractivity contribution is 7.81. The molecule has 5 nitrogen and oxygen atoms in total. The molecule has 1 N–H and O–H groups in total. The summed E-state index contributed by atoms with van der Waals surface area (Å²) in [6.45, 7) is 17.6. The number of benzene rings is 1. The van der Waals surface area contributed by atoms with Gasteiger partial charge in [-0.3, -0.25) is 4.55 Å². The van der Waals surface area contributed by atoms with E-state index in [1.807, 2.05) is 19.1 Å². The zero-order valence-corrected chi connectivity index (χ0v) is 31.1. The Morgan fingerprint density at radius 2 is 1.13 bits per heavy atom. The van der Waals surface area contributed by atoms with E-state index in [0.29, 0.717) is 11.3 Å². The molecule has 0 spiro atoms. The molecule has 0 fully saturated rings. The van der Waals surface area contributed by atoms with Gasteiger partial charge in [0.25, 0.3) is 0 Å². The van der Waals surface area contributed by atoms with Gasteiger partial charge in [0.05, 0.1) is 0 Å². The molecule has 1 aromatic carbocycles. The van der Waals surface area contributed by atoms with Crippen molar-refractivity contribution in [2.24, 2.45) is 0 Å². The number of fused-ring (bicyclic) bond motifs is 1. The average Bonchev–Trinajstić information content (AvgIpc) is 2.96. The lowest BCUT2D eigenvalue weighted by Gasteiger charge is -2.31. The third-order valence-corrected chi connectivity index (χ3v) is 8.90. The molecular weight excluding hydrogens is 605 g/mol. The van der Waals surface area contributed by atoms with Crippen LogP contribution in [0.4, 0.5) is 0 Å². The maximum atomic E-state index is 11.0. The molecule has 0 aliphatic carbocycles. The maximum Gasteiger partial charge on any atom is 0.446 e. The Balaban J connectivity index is 1.65. The molecular formula is C41H60O5S. The van der Waals surface area contributed by atoms with E-state index in [1.165, 1.54) is 52.0 Å². The predicted molar refractivity (Wildman–Crippen MR) is 200 cm³/mol. The van der Waals surface area contributed by atoms with Crippen LogP contribution in [0.3, 0.4) is 0 Å². The fourth-order valence-electron chi connectivity index (χ4n) is 5.50. The van der Waals surface area contributed by atoms with Crippen LogP contribution in [0, 0.1) is 0 Å². The minimum Gasteiger partial charge on any atom is -0.483 e. The Kier molecular flexibility index (Phi) is 17.3. The van der Waals surface area contributed by atoms with Crippen molar-refractivity contribution in [3.63, 3.8) is 0 Å². The summed E-state index contributed by atoms with van der Waals surface area (Å²) < 4.78 is 41.6. The smallest absolute Gasteiger partial charge is 0.446 e. The number of ether oxygens (including phenoxy) is 1. The van der Waals surface area contributed by atoms with Crippen LogP contribution in [0.2, 0.25) is 0 Å². The Morgan fingerprint density at radius 1 is 0.702 bits per heavy atom. The van der Waals surface area contributed by atoms with Crippen LogP contribution in [-0.2, 0) is 10.4 Å². The molecule has 1 aliphatic rings. The van der Waals surface area contributed by atoms with Gasteiger partial charge in [-0.2, -0.15) is 8.42 Å². The van der Waals surface area contributed by atoms with E-state index in [2.05, 4.69) is 89.1 Å². The van der Waals surface area contributed by atoms with Gasteiger partial charge in [-0.15, -0.1) is 0 Å². The first-order valence-corrected chi connectivity index (χ1v) is 18.6. The van der Waals surface area contributed by atoms with Crippen LogP contribution in [0.5, 0.6) is 11.5 Å². The Hall–Kier alpha value is -3.09. The summed E-state index contributed by atoms with van der Waals surface area (Å²) in [5, 5.41) is 0. The SMILES string of the molecule is CC(C)=CCCC(C)=CCCC(C)=CCCC(C)=CCCC(C)=CCCC(C)=CCCC1(C)C=Cc2cc(OS(=O)(=O)O)ccc2O1. The molecule has 1 unspecified atom stereocenters.